The second kappa shape index (κ2) is 9.02. The van der Waals surface area contributed by atoms with Crippen molar-refractivity contribution in [1.29, 1.82) is 0 Å². The molecule has 1 amide bonds. The van der Waals surface area contributed by atoms with E-state index in [9.17, 15) is 9.59 Å². The van der Waals surface area contributed by atoms with E-state index in [1.165, 1.54) is 5.56 Å². The van der Waals surface area contributed by atoms with Crippen molar-refractivity contribution in [2.24, 2.45) is 0 Å². The smallest absolute Gasteiger partial charge is 0.306 e. The molecule has 0 aliphatic heterocycles. The topological polar surface area (TPSA) is 55.4 Å². The number of ether oxygens (including phenoxy) is 1. The zero-order valence-corrected chi connectivity index (χ0v) is 15.0. The molecule has 0 aromatic heterocycles. The maximum Gasteiger partial charge on any atom is 0.306 e. The molecule has 0 saturated carbocycles. The van der Waals surface area contributed by atoms with Crippen LogP contribution in [0.5, 0.6) is 0 Å². The average molecular weight is 339 g/mol. The minimum atomic E-state index is -0.373. The number of carbonyl (C=O) groups is 2. The van der Waals surface area contributed by atoms with Gasteiger partial charge in [-0.25, -0.2) is 0 Å². The predicted octanol–water partition coefficient (Wildman–Crippen LogP) is 4.49. The van der Waals surface area contributed by atoms with Gasteiger partial charge in [0.25, 0.3) is 5.91 Å². The minimum Gasteiger partial charge on any atom is -0.456 e. The summed E-state index contributed by atoms with van der Waals surface area (Å²) >= 11 is 0. The van der Waals surface area contributed by atoms with Crippen LogP contribution >= 0.6 is 0 Å². The normalized spacial score (nSPS) is 11.8. The van der Waals surface area contributed by atoms with E-state index in [1.807, 2.05) is 61.5 Å². The van der Waals surface area contributed by atoms with Crippen LogP contribution in [0.4, 0.5) is 5.69 Å². The van der Waals surface area contributed by atoms with Crippen LogP contribution in [0.15, 0.2) is 54.6 Å². The van der Waals surface area contributed by atoms with Gasteiger partial charge in [-0.1, -0.05) is 63.2 Å². The number of anilines is 1. The van der Waals surface area contributed by atoms with Crippen molar-refractivity contribution in [3.05, 3.63) is 65.7 Å². The molecule has 4 heteroatoms. The van der Waals surface area contributed by atoms with Crippen molar-refractivity contribution in [1.82, 2.24) is 0 Å². The van der Waals surface area contributed by atoms with Crippen molar-refractivity contribution in [3.8, 4) is 0 Å². The van der Waals surface area contributed by atoms with Gasteiger partial charge in [-0.05, 0) is 35.1 Å². The van der Waals surface area contributed by atoms with Crippen molar-refractivity contribution in [3.63, 3.8) is 0 Å². The van der Waals surface area contributed by atoms with E-state index in [1.54, 1.807) is 0 Å². The quantitative estimate of drug-likeness (QED) is 0.756. The molecule has 0 saturated heterocycles. The van der Waals surface area contributed by atoms with Gasteiger partial charge in [-0.2, -0.15) is 0 Å². The van der Waals surface area contributed by atoms with Crippen LogP contribution in [0.2, 0.25) is 0 Å². The Hall–Kier alpha value is -2.62. The maximum absolute atomic E-state index is 11.9. The van der Waals surface area contributed by atoms with E-state index in [-0.39, 0.29) is 30.8 Å². The molecule has 25 heavy (non-hydrogen) atoms. The second-order valence-electron chi connectivity index (χ2n) is 6.50. The number of esters is 1. The lowest BCUT2D eigenvalue weighted by molar-refractivity contribution is -0.147. The summed E-state index contributed by atoms with van der Waals surface area (Å²) in [4.78, 5) is 23.8. The lowest BCUT2D eigenvalue weighted by atomic mass is 9.98. The SMILES string of the molecule is CC(C)c1ccc(NC(=O)COC(=O)C[C@H](C)c2ccccc2)cc1. The largest absolute Gasteiger partial charge is 0.456 e. The first-order valence-corrected chi connectivity index (χ1v) is 8.56. The number of carbonyl (C=O) groups excluding carboxylic acids is 2. The van der Waals surface area contributed by atoms with Gasteiger partial charge in [0.1, 0.15) is 0 Å². The number of amides is 1. The first-order chi connectivity index (χ1) is 12.0. The lowest BCUT2D eigenvalue weighted by Gasteiger charge is -2.12. The molecule has 1 N–H and O–H groups in total. The Balaban J connectivity index is 1.76. The molecule has 0 heterocycles. The first-order valence-electron chi connectivity index (χ1n) is 8.56. The third-order valence-corrected chi connectivity index (χ3v) is 4.07. The number of rotatable bonds is 7. The Morgan fingerprint density at radius 1 is 0.920 bits per heavy atom. The summed E-state index contributed by atoms with van der Waals surface area (Å²) in [7, 11) is 0. The molecule has 0 radical (unpaired) electrons. The van der Waals surface area contributed by atoms with Gasteiger partial charge >= 0.3 is 5.97 Å². The molecule has 4 nitrogen and oxygen atoms in total. The number of nitrogens with one attached hydrogen (secondary N) is 1. The van der Waals surface area contributed by atoms with Crippen LogP contribution < -0.4 is 5.32 Å². The Morgan fingerprint density at radius 2 is 1.56 bits per heavy atom. The summed E-state index contributed by atoms with van der Waals surface area (Å²) in [6.45, 7) is 5.92. The molecule has 0 bridgehead atoms. The number of benzene rings is 2. The van der Waals surface area contributed by atoms with E-state index in [4.69, 9.17) is 4.74 Å². The summed E-state index contributed by atoms with van der Waals surface area (Å²) in [6, 6.07) is 17.4. The Bertz CT molecular complexity index is 693. The van der Waals surface area contributed by atoms with Crippen molar-refractivity contribution >= 4 is 17.6 Å². The Morgan fingerprint density at radius 3 is 2.16 bits per heavy atom. The van der Waals surface area contributed by atoms with Gasteiger partial charge in [-0.15, -0.1) is 0 Å². The van der Waals surface area contributed by atoms with Gasteiger partial charge < -0.3 is 10.1 Å². The zero-order valence-electron chi connectivity index (χ0n) is 15.0. The van der Waals surface area contributed by atoms with Crippen molar-refractivity contribution < 1.29 is 14.3 Å². The van der Waals surface area contributed by atoms with Gasteiger partial charge in [0.15, 0.2) is 6.61 Å². The van der Waals surface area contributed by atoms with Crippen LogP contribution in [-0.2, 0) is 14.3 Å². The van der Waals surface area contributed by atoms with Crippen LogP contribution in [0.1, 0.15) is 50.2 Å². The molecular weight excluding hydrogens is 314 g/mol. The highest BCUT2D eigenvalue weighted by molar-refractivity contribution is 5.92. The van der Waals surface area contributed by atoms with E-state index in [0.29, 0.717) is 11.6 Å². The molecule has 2 aromatic rings. The average Bonchev–Trinajstić information content (AvgIpc) is 2.61. The summed E-state index contributed by atoms with van der Waals surface area (Å²) in [5.74, 6) is -0.211. The molecule has 0 aliphatic rings. The third-order valence-electron chi connectivity index (χ3n) is 4.07. The lowest BCUT2D eigenvalue weighted by Crippen LogP contribution is -2.21. The van der Waals surface area contributed by atoms with E-state index in [2.05, 4.69) is 19.2 Å². The predicted molar refractivity (Wildman–Crippen MR) is 99.6 cm³/mol. The monoisotopic (exact) mass is 339 g/mol. The number of hydrogen-bond acceptors (Lipinski definition) is 3. The van der Waals surface area contributed by atoms with Crippen molar-refractivity contribution in [2.75, 3.05) is 11.9 Å². The third kappa shape index (κ3) is 6.07. The van der Waals surface area contributed by atoms with E-state index in [0.717, 1.165) is 5.56 Å². The molecule has 0 unspecified atom stereocenters. The van der Waals surface area contributed by atoms with E-state index < -0.39 is 0 Å². The fraction of sp³-hybridized carbons (Fsp3) is 0.333. The second-order valence-corrected chi connectivity index (χ2v) is 6.50. The van der Waals surface area contributed by atoms with Gasteiger partial charge in [0.05, 0.1) is 6.42 Å². The van der Waals surface area contributed by atoms with Gasteiger partial charge in [0, 0.05) is 5.69 Å². The van der Waals surface area contributed by atoms with Crippen LogP contribution in [0.25, 0.3) is 0 Å². The molecular formula is C21H25NO3. The molecule has 1 atom stereocenters. The minimum absolute atomic E-state index is 0.0559. The van der Waals surface area contributed by atoms with Crippen LogP contribution in [0, 0.1) is 0 Å². The fourth-order valence-corrected chi connectivity index (χ4v) is 2.50. The zero-order chi connectivity index (χ0) is 18.2. The molecule has 0 aliphatic carbocycles. The van der Waals surface area contributed by atoms with Gasteiger partial charge in [-0.3, -0.25) is 9.59 Å². The van der Waals surface area contributed by atoms with E-state index >= 15 is 0 Å². The van der Waals surface area contributed by atoms with Crippen LogP contribution in [-0.4, -0.2) is 18.5 Å². The summed E-state index contributed by atoms with van der Waals surface area (Å²) in [6.07, 6.45) is 0.250. The van der Waals surface area contributed by atoms with Crippen LogP contribution in [0.3, 0.4) is 0 Å². The highest BCUT2D eigenvalue weighted by Gasteiger charge is 2.13. The fourth-order valence-electron chi connectivity index (χ4n) is 2.50. The van der Waals surface area contributed by atoms with Crippen molar-refractivity contribution in [2.45, 2.75) is 39.0 Å². The molecule has 2 rings (SSSR count). The first kappa shape index (κ1) is 18.7. The molecule has 0 fully saturated rings. The highest BCUT2D eigenvalue weighted by atomic mass is 16.5. The highest BCUT2D eigenvalue weighted by Crippen LogP contribution is 2.19. The maximum atomic E-state index is 11.9. The molecule has 132 valence electrons. The molecule has 0 spiro atoms. The summed E-state index contributed by atoms with van der Waals surface area (Å²) in [5, 5.41) is 2.73. The standard InChI is InChI=1S/C21H25NO3/c1-15(2)17-9-11-19(12-10-17)22-20(23)14-25-21(24)13-16(3)18-7-5-4-6-8-18/h4-12,15-16H,13-14H2,1-3H3,(H,22,23)/t16-/m0/s1. The Kier molecular flexibility index (Phi) is 6.75. The number of hydrogen-bond donors (Lipinski definition) is 1. The Labute approximate surface area is 149 Å². The summed E-state index contributed by atoms with van der Waals surface area (Å²) in [5.41, 5.74) is 2.98. The summed E-state index contributed by atoms with van der Waals surface area (Å²) < 4.78 is 5.08. The molecule has 2 aromatic carbocycles. The van der Waals surface area contributed by atoms with Gasteiger partial charge in [0.2, 0.25) is 0 Å².